The van der Waals surface area contributed by atoms with Crippen molar-refractivity contribution >= 4 is 11.0 Å². The largest absolute Gasteiger partial charge is 0.480 e. The normalized spacial score (nSPS) is 14.5. The molecule has 0 amide bonds. The summed E-state index contributed by atoms with van der Waals surface area (Å²) in [6.45, 7) is 6.12. The predicted molar refractivity (Wildman–Crippen MR) is 107 cm³/mol. The van der Waals surface area contributed by atoms with Gasteiger partial charge in [0.2, 0.25) is 5.88 Å². The Labute approximate surface area is 165 Å². The number of nitrogens with zero attached hydrogens (tertiary/aromatic N) is 6. The minimum atomic E-state index is -0.155. The van der Waals surface area contributed by atoms with Crippen molar-refractivity contribution in [2.24, 2.45) is 0 Å². The zero-order valence-corrected chi connectivity index (χ0v) is 17.2. The molecule has 1 aliphatic carbocycles. The lowest BCUT2D eigenvalue weighted by molar-refractivity contribution is 0.0296. The first kappa shape index (κ1) is 20.1. The van der Waals surface area contributed by atoms with Crippen LogP contribution >= 0.6 is 0 Å². The van der Waals surface area contributed by atoms with Crippen molar-refractivity contribution in [1.82, 2.24) is 29.7 Å². The van der Waals surface area contributed by atoms with E-state index in [0.29, 0.717) is 17.6 Å². The Morgan fingerprint density at radius 2 is 1.93 bits per heavy atom. The van der Waals surface area contributed by atoms with Gasteiger partial charge >= 0.3 is 0 Å². The molecule has 150 valence electrons. The van der Waals surface area contributed by atoms with Crippen LogP contribution in [-0.4, -0.2) is 43.9 Å². The molecule has 0 bridgehead atoms. The van der Waals surface area contributed by atoms with E-state index in [1.54, 1.807) is 32.9 Å². The highest BCUT2D eigenvalue weighted by molar-refractivity contribution is 5.77. The molecule has 0 radical (unpaired) electrons. The summed E-state index contributed by atoms with van der Waals surface area (Å²) >= 11 is 0. The first-order valence-electron chi connectivity index (χ1n) is 9.89. The van der Waals surface area contributed by atoms with Gasteiger partial charge in [0.15, 0.2) is 17.7 Å². The lowest BCUT2D eigenvalue weighted by Gasteiger charge is -2.16. The van der Waals surface area contributed by atoms with Crippen molar-refractivity contribution < 1.29 is 9.47 Å². The van der Waals surface area contributed by atoms with Crippen LogP contribution in [0.15, 0.2) is 18.7 Å². The molecule has 0 saturated heterocycles. The number of methoxy groups -OCH3 is 2. The fourth-order valence-corrected chi connectivity index (χ4v) is 3.17. The Morgan fingerprint density at radius 3 is 2.57 bits per heavy atom. The van der Waals surface area contributed by atoms with E-state index in [1.807, 2.05) is 18.5 Å². The van der Waals surface area contributed by atoms with Gasteiger partial charge in [-0.1, -0.05) is 27.2 Å². The van der Waals surface area contributed by atoms with Gasteiger partial charge in [-0.15, -0.1) is 0 Å². The van der Waals surface area contributed by atoms with Gasteiger partial charge in [-0.25, -0.2) is 24.6 Å². The van der Waals surface area contributed by atoms with Gasteiger partial charge in [0.1, 0.15) is 11.9 Å². The zero-order valence-electron chi connectivity index (χ0n) is 17.2. The van der Waals surface area contributed by atoms with Crippen LogP contribution < -0.4 is 4.74 Å². The third-order valence-electron chi connectivity index (χ3n) is 4.64. The predicted octanol–water partition coefficient (Wildman–Crippen LogP) is 4.14. The topological polar surface area (TPSA) is 87.8 Å². The maximum absolute atomic E-state index is 5.60. The highest BCUT2D eigenvalue weighted by atomic mass is 16.5. The van der Waals surface area contributed by atoms with E-state index in [1.165, 1.54) is 0 Å². The minimum absolute atomic E-state index is 0.155. The van der Waals surface area contributed by atoms with Crippen molar-refractivity contribution in [3.8, 4) is 17.3 Å². The standard InChI is InChI=1S/C18H22N6O2.C2H6/c1-4-5-13(25-2)24-17-12(9-22-24)8-19-16(23-17)14-15(11-6-7-11)20-10-21-18(14)26-3;1-2/h8-11,13H,4-7H2,1-3H3;1-2H3. The second-order valence-electron chi connectivity index (χ2n) is 6.46. The molecule has 1 atom stereocenters. The number of rotatable bonds is 7. The number of hydrogen-bond donors (Lipinski definition) is 0. The van der Waals surface area contributed by atoms with Crippen LogP contribution in [0.2, 0.25) is 0 Å². The maximum Gasteiger partial charge on any atom is 0.227 e. The number of hydrogen-bond acceptors (Lipinski definition) is 7. The van der Waals surface area contributed by atoms with Gasteiger partial charge in [0.05, 0.1) is 24.4 Å². The zero-order chi connectivity index (χ0) is 20.1. The summed E-state index contributed by atoms with van der Waals surface area (Å²) in [5.41, 5.74) is 2.47. The van der Waals surface area contributed by atoms with Crippen LogP contribution in [0.25, 0.3) is 22.4 Å². The number of ether oxygens (including phenoxy) is 2. The molecule has 1 fully saturated rings. The Hall–Kier alpha value is -2.61. The summed E-state index contributed by atoms with van der Waals surface area (Å²) in [5, 5.41) is 5.33. The molecule has 3 heterocycles. The third-order valence-corrected chi connectivity index (χ3v) is 4.64. The summed E-state index contributed by atoms with van der Waals surface area (Å²) in [6, 6.07) is 0. The molecule has 3 aromatic rings. The van der Waals surface area contributed by atoms with Crippen LogP contribution in [0, 0.1) is 0 Å². The monoisotopic (exact) mass is 384 g/mol. The van der Waals surface area contributed by atoms with E-state index >= 15 is 0 Å². The molecule has 0 N–H and O–H groups in total. The average molecular weight is 384 g/mol. The lowest BCUT2D eigenvalue weighted by Crippen LogP contribution is -2.13. The first-order chi connectivity index (χ1) is 13.8. The molecule has 4 rings (SSSR count). The highest BCUT2D eigenvalue weighted by Gasteiger charge is 2.31. The Morgan fingerprint density at radius 1 is 1.14 bits per heavy atom. The molecule has 28 heavy (non-hydrogen) atoms. The molecular weight excluding hydrogens is 356 g/mol. The molecule has 8 heteroatoms. The summed E-state index contributed by atoms with van der Waals surface area (Å²) in [4.78, 5) is 18.1. The summed E-state index contributed by atoms with van der Waals surface area (Å²) < 4.78 is 12.9. The van der Waals surface area contributed by atoms with Crippen molar-refractivity contribution in [3.05, 3.63) is 24.4 Å². The van der Waals surface area contributed by atoms with Gasteiger partial charge in [0, 0.05) is 19.2 Å². The summed E-state index contributed by atoms with van der Waals surface area (Å²) in [6.07, 6.45) is 9.02. The van der Waals surface area contributed by atoms with Gasteiger partial charge in [-0.3, -0.25) is 0 Å². The van der Waals surface area contributed by atoms with Gasteiger partial charge in [-0.2, -0.15) is 5.10 Å². The van der Waals surface area contributed by atoms with Crippen molar-refractivity contribution in [2.45, 2.75) is 58.6 Å². The second-order valence-corrected chi connectivity index (χ2v) is 6.46. The number of fused-ring (bicyclic) bond motifs is 1. The van der Waals surface area contributed by atoms with Crippen LogP contribution in [0.5, 0.6) is 5.88 Å². The van der Waals surface area contributed by atoms with Gasteiger partial charge < -0.3 is 9.47 Å². The third kappa shape index (κ3) is 3.82. The van der Waals surface area contributed by atoms with E-state index in [4.69, 9.17) is 14.5 Å². The van der Waals surface area contributed by atoms with Crippen LogP contribution in [0.3, 0.4) is 0 Å². The molecule has 0 aromatic carbocycles. The molecular formula is C20H28N6O2. The van der Waals surface area contributed by atoms with Crippen LogP contribution in [-0.2, 0) is 4.74 Å². The fourth-order valence-electron chi connectivity index (χ4n) is 3.17. The second kappa shape index (κ2) is 9.05. The molecule has 3 aromatic heterocycles. The molecule has 1 saturated carbocycles. The van der Waals surface area contributed by atoms with Crippen molar-refractivity contribution in [2.75, 3.05) is 14.2 Å². The van der Waals surface area contributed by atoms with Crippen LogP contribution in [0.4, 0.5) is 0 Å². The van der Waals surface area contributed by atoms with E-state index < -0.39 is 0 Å². The SMILES string of the molecule is CC.CCCC(OC)n1ncc2cnc(-c3c(OC)ncnc3C3CC3)nc21. The summed E-state index contributed by atoms with van der Waals surface area (Å²) in [7, 11) is 3.29. The van der Waals surface area contributed by atoms with E-state index in [2.05, 4.69) is 27.0 Å². The van der Waals surface area contributed by atoms with Gasteiger partial charge in [-0.05, 0) is 19.3 Å². The fraction of sp³-hybridized carbons (Fsp3) is 0.550. The molecule has 8 nitrogen and oxygen atoms in total. The Kier molecular flexibility index (Phi) is 6.51. The van der Waals surface area contributed by atoms with E-state index in [-0.39, 0.29) is 6.23 Å². The Balaban J connectivity index is 0.00000109. The number of aromatic nitrogens is 6. The van der Waals surface area contributed by atoms with Crippen molar-refractivity contribution in [1.29, 1.82) is 0 Å². The minimum Gasteiger partial charge on any atom is -0.480 e. The lowest BCUT2D eigenvalue weighted by atomic mass is 10.1. The van der Waals surface area contributed by atoms with Gasteiger partial charge in [0.25, 0.3) is 0 Å². The molecule has 0 aliphatic heterocycles. The average Bonchev–Trinajstić information content (AvgIpc) is 3.52. The van der Waals surface area contributed by atoms with E-state index in [0.717, 1.165) is 48.0 Å². The van der Waals surface area contributed by atoms with E-state index in [9.17, 15) is 0 Å². The molecule has 0 spiro atoms. The quantitative estimate of drug-likeness (QED) is 0.605. The smallest absolute Gasteiger partial charge is 0.227 e. The molecule has 1 unspecified atom stereocenters. The summed E-state index contributed by atoms with van der Waals surface area (Å²) in [5.74, 6) is 1.49. The first-order valence-corrected chi connectivity index (χ1v) is 9.89. The Bertz CT molecular complexity index is 922. The maximum atomic E-state index is 5.60. The molecule has 1 aliphatic rings. The van der Waals surface area contributed by atoms with Crippen molar-refractivity contribution in [3.63, 3.8) is 0 Å². The van der Waals surface area contributed by atoms with Crippen LogP contribution in [0.1, 0.15) is 64.3 Å². The highest BCUT2D eigenvalue weighted by Crippen LogP contribution is 2.44.